The predicted molar refractivity (Wildman–Crippen MR) is 77.2 cm³/mol. The van der Waals surface area contributed by atoms with Crippen molar-refractivity contribution in [2.24, 2.45) is 5.41 Å². The standard InChI is InChI=1S/C13H27N3O2S/c1-13(6-8-14-9-7-13)12-15-19(17,18)16-10-4-2-3-5-11-16/h14-15H,2-12H2,1H3. The SMILES string of the molecule is CC1(CNS(=O)(=O)N2CCCCCC2)CCNCC1. The molecule has 19 heavy (non-hydrogen) atoms. The van der Waals surface area contributed by atoms with E-state index in [4.69, 9.17) is 0 Å². The first-order chi connectivity index (χ1) is 9.02. The zero-order chi connectivity index (χ0) is 13.8. The molecule has 6 heteroatoms. The lowest BCUT2D eigenvalue weighted by Crippen LogP contribution is -2.47. The first-order valence-corrected chi connectivity index (χ1v) is 8.91. The molecule has 0 radical (unpaired) electrons. The van der Waals surface area contributed by atoms with Gasteiger partial charge in [-0.25, -0.2) is 4.72 Å². The molecule has 2 aliphatic rings. The Bertz CT molecular complexity index is 369. The number of rotatable bonds is 4. The second kappa shape index (κ2) is 6.52. The van der Waals surface area contributed by atoms with Crippen molar-refractivity contribution in [2.75, 3.05) is 32.7 Å². The minimum atomic E-state index is -3.28. The molecule has 0 spiro atoms. The molecular formula is C13H27N3O2S. The van der Waals surface area contributed by atoms with E-state index in [-0.39, 0.29) is 5.41 Å². The molecule has 0 aromatic heterocycles. The summed E-state index contributed by atoms with van der Waals surface area (Å²) in [4.78, 5) is 0. The van der Waals surface area contributed by atoms with E-state index in [0.717, 1.165) is 51.6 Å². The molecule has 0 unspecified atom stereocenters. The second-order valence-electron chi connectivity index (χ2n) is 6.20. The van der Waals surface area contributed by atoms with Crippen LogP contribution >= 0.6 is 0 Å². The van der Waals surface area contributed by atoms with Crippen LogP contribution in [0.3, 0.4) is 0 Å². The molecule has 0 aliphatic carbocycles. The molecular weight excluding hydrogens is 262 g/mol. The first kappa shape index (κ1) is 15.2. The summed E-state index contributed by atoms with van der Waals surface area (Å²) in [7, 11) is -3.28. The maximum Gasteiger partial charge on any atom is 0.279 e. The summed E-state index contributed by atoms with van der Waals surface area (Å²) in [6, 6.07) is 0. The third-order valence-corrected chi connectivity index (χ3v) is 5.95. The average molecular weight is 289 g/mol. The molecule has 2 aliphatic heterocycles. The zero-order valence-corrected chi connectivity index (χ0v) is 12.8. The molecule has 112 valence electrons. The number of hydrogen-bond acceptors (Lipinski definition) is 3. The van der Waals surface area contributed by atoms with Gasteiger partial charge in [0.05, 0.1) is 0 Å². The fourth-order valence-electron chi connectivity index (χ4n) is 2.85. The van der Waals surface area contributed by atoms with E-state index in [1.54, 1.807) is 4.31 Å². The summed E-state index contributed by atoms with van der Waals surface area (Å²) in [5.74, 6) is 0. The molecule has 0 amide bonds. The molecule has 2 fully saturated rings. The van der Waals surface area contributed by atoms with Gasteiger partial charge in [0.2, 0.25) is 0 Å². The van der Waals surface area contributed by atoms with Gasteiger partial charge in [0.25, 0.3) is 10.2 Å². The highest BCUT2D eigenvalue weighted by Crippen LogP contribution is 2.27. The Morgan fingerprint density at radius 3 is 2.26 bits per heavy atom. The van der Waals surface area contributed by atoms with Gasteiger partial charge >= 0.3 is 0 Å². The minimum absolute atomic E-state index is 0.101. The summed E-state index contributed by atoms with van der Waals surface area (Å²) in [5.41, 5.74) is 0.101. The Hall–Kier alpha value is -0.170. The number of nitrogens with one attached hydrogen (secondary N) is 2. The fraction of sp³-hybridized carbons (Fsp3) is 1.00. The molecule has 5 nitrogen and oxygen atoms in total. The van der Waals surface area contributed by atoms with E-state index in [0.29, 0.717) is 19.6 Å². The Labute approximate surface area is 117 Å². The van der Waals surface area contributed by atoms with Crippen LogP contribution in [0.15, 0.2) is 0 Å². The van der Waals surface area contributed by atoms with E-state index in [1.807, 2.05) is 0 Å². The van der Waals surface area contributed by atoms with Crippen molar-refractivity contribution < 1.29 is 8.42 Å². The van der Waals surface area contributed by atoms with Gasteiger partial charge in [-0.2, -0.15) is 12.7 Å². The highest BCUT2D eigenvalue weighted by atomic mass is 32.2. The average Bonchev–Trinajstić information content (AvgIpc) is 2.67. The molecule has 0 saturated carbocycles. The molecule has 2 N–H and O–H groups in total. The maximum absolute atomic E-state index is 12.3. The van der Waals surface area contributed by atoms with Gasteiger partial charge in [0.1, 0.15) is 0 Å². The molecule has 0 aromatic carbocycles. The Kier molecular flexibility index (Phi) is 5.22. The molecule has 0 bridgehead atoms. The summed E-state index contributed by atoms with van der Waals surface area (Å²) in [6.07, 6.45) is 6.35. The zero-order valence-electron chi connectivity index (χ0n) is 12.0. The number of hydrogen-bond donors (Lipinski definition) is 2. The van der Waals surface area contributed by atoms with Crippen molar-refractivity contribution in [2.45, 2.75) is 45.4 Å². The third kappa shape index (κ3) is 4.41. The van der Waals surface area contributed by atoms with Gasteiger partial charge in [0, 0.05) is 19.6 Å². The Morgan fingerprint density at radius 2 is 1.68 bits per heavy atom. The molecule has 2 saturated heterocycles. The van der Waals surface area contributed by atoms with Crippen LogP contribution in [0.25, 0.3) is 0 Å². The van der Waals surface area contributed by atoms with Gasteiger partial charge in [0.15, 0.2) is 0 Å². The van der Waals surface area contributed by atoms with Crippen molar-refractivity contribution in [1.29, 1.82) is 0 Å². The largest absolute Gasteiger partial charge is 0.317 e. The fourth-order valence-corrected chi connectivity index (χ4v) is 4.30. The first-order valence-electron chi connectivity index (χ1n) is 7.47. The highest BCUT2D eigenvalue weighted by molar-refractivity contribution is 7.87. The second-order valence-corrected chi connectivity index (χ2v) is 7.96. The third-order valence-electron chi connectivity index (χ3n) is 4.40. The van der Waals surface area contributed by atoms with E-state index >= 15 is 0 Å². The lowest BCUT2D eigenvalue weighted by Gasteiger charge is -2.34. The van der Waals surface area contributed by atoms with Gasteiger partial charge in [-0.1, -0.05) is 19.8 Å². The lowest BCUT2D eigenvalue weighted by atomic mass is 9.81. The summed E-state index contributed by atoms with van der Waals surface area (Å²) in [5, 5.41) is 3.32. The van der Waals surface area contributed by atoms with Crippen LogP contribution in [0.5, 0.6) is 0 Å². The number of piperidine rings is 1. The molecule has 2 heterocycles. The van der Waals surface area contributed by atoms with Crippen molar-refractivity contribution in [1.82, 2.24) is 14.3 Å². The van der Waals surface area contributed by atoms with Crippen LogP contribution in [0, 0.1) is 5.41 Å². The van der Waals surface area contributed by atoms with Crippen molar-refractivity contribution in [3.8, 4) is 0 Å². The van der Waals surface area contributed by atoms with E-state index in [9.17, 15) is 8.42 Å². The van der Waals surface area contributed by atoms with Gasteiger partial charge < -0.3 is 5.32 Å². The van der Waals surface area contributed by atoms with Gasteiger partial charge in [-0.05, 0) is 44.2 Å². The van der Waals surface area contributed by atoms with Gasteiger partial charge in [-0.3, -0.25) is 0 Å². The normalized spacial score (nSPS) is 25.9. The number of nitrogens with zero attached hydrogens (tertiary/aromatic N) is 1. The summed E-state index contributed by atoms with van der Waals surface area (Å²) in [6.45, 7) is 6.07. The molecule has 0 aromatic rings. The molecule has 2 rings (SSSR count). The van der Waals surface area contributed by atoms with Crippen LogP contribution < -0.4 is 10.0 Å². The Morgan fingerprint density at radius 1 is 1.11 bits per heavy atom. The van der Waals surface area contributed by atoms with Crippen LogP contribution in [0.4, 0.5) is 0 Å². The van der Waals surface area contributed by atoms with Crippen LogP contribution in [-0.4, -0.2) is 45.4 Å². The molecule has 0 atom stereocenters. The van der Waals surface area contributed by atoms with Crippen LogP contribution in [-0.2, 0) is 10.2 Å². The predicted octanol–water partition coefficient (Wildman–Crippen LogP) is 1.09. The quantitative estimate of drug-likeness (QED) is 0.814. The lowest BCUT2D eigenvalue weighted by molar-refractivity contribution is 0.230. The topological polar surface area (TPSA) is 61.4 Å². The Balaban J connectivity index is 1.89. The van der Waals surface area contributed by atoms with Crippen LogP contribution in [0.1, 0.15) is 45.4 Å². The summed E-state index contributed by atoms with van der Waals surface area (Å²) >= 11 is 0. The summed E-state index contributed by atoms with van der Waals surface area (Å²) < 4.78 is 29.1. The monoisotopic (exact) mass is 289 g/mol. The van der Waals surface area contributed by atoms with E-state index in [1.165, 1.54) is 0 Å². The van der Waals surface area contributed by atoms with Gasteiger partial charge in [-0.15, -0.1) is 0 Å². The smallest absolute Gasteiger partial charge is 0.279 e. The van der Waals surface area contributed by atoms with Crippen LogP contribution in [0.2, 0.25) is 0 Å². The minimum Gasteiger partial charge on any atom is -0.317 e. The van der Waals surface area contributed by atoms with Crippen molar-refractivity contribution in [3.63, 3.8) is 0 Å². The van der Waals surface area contributed by atoms with Crippen molar-refractivity contribution >= 4 is 10.2 Å². The van der Waals surface area contributed by atoms with E-state index < -0.39 is 10.2 Å². The highest BCUT2D eigenvalue weighted by Gasteiger charge is 2.30. The maximum atomic E-state index is 12.3. The van der Waals surface area contributed by atoms with E-state index in [2.05, 4.69) is 17.0 Å². The van der Waals surface area contributed by atoms with Crippen molar-refractivity contribution in [3.05, 3.63) is 0 Å².